The fraction of sp³-hybridized carbons (Fsp3) is 0.667. The van der Waals surface area contributed by atoms with Gasteiger partial charge in [0, 0.05) is 5.25 Å². The molecule has 2 nitrogen and oxygen atoms in total. The van der Waals surface area contributed by atoms with Crippen LogP contribution in [0.25, 0.3) is 0 Å². The zero-order chi connectivity index (χ0) is 7.28. The van der Waals surface area contributed by atoms with Crippen LogP contribution in [-0.4, -0.2) is 17.8 Å². The fourth-order valence-electron chi connectivity index (χ4n) is 0.414. The number of thiol groups is 1. The van der Waals surface area contributed by atoms with E-state index in [2.05, 4.69) is 24.3 Å². The van der Waals surface area contributed by atoms with E-state index >= 15 is 0 Å². The molecule has 1 unspecified atom stereocenters. The van der Waals surface area contributed by atoms with E-state index in [-0.39, 0.29) is 17.8 Å². The van der Waals surface area contributed by atoms with Gasteiger partial charge in [-0.3, -0.25) is 4.79 Å². The topological polar surface area (TPSA) is 26.3 Å². The van der Waals surface area contributed by atoms with E-state index in [1.807, 2.05) is 6.92 Å². The van der Waals surface area contributed by atoms with Crippen LogP contribution in [0.1, 0.15) is 13.3 Å². The van der Waals surface area contributed by atoms with Crippen LogP contribution in [0.5, 0.6) is 0 Å². The third-order valence-corrected chi connectivity index (χ3v) is 0.908. The predicted molar refractivity (Wildman–Crippen MR) is 39.4 cm³/mol. The standard InChI is InChI=1S/C6H11O2S/c1-3-8-6(7)4-5(2)9/h5,9H,1,3-4H2,2H3. The summed E-state index contributed by atoms with van der Waals surface area (Å²) in [4.78, 5) is 10.5. The molecule has 53 valence electrons. The number of rotatable bonds is 3. The quantitative estimate of drug-likeness (QED) is 0.477. The smallest absolute Gasteiger partial charge is 0.306 e. The van der Waals surface area contributed by atoms with E-state index in [4.69, 9.17) is 0 Å². The Morgan fingerprint density at radius 3 is 2.78 bits per heavy atom. The normalized spacial score (nSPS) is 12.8. The largest absolute Gasteiger partial charge is 0.466 e. The molecule has 1 atom stereocenters. The first-order valence-electron chi connectivity index (χ1n) is 2.79. The van der Waals surface area contributed by atoms with E-state index in [1.54, 1.807) is 0 Å². The molecule has 0 aliphatic rings. The second kappa shape index (κ2) is 4.68. The minimum Gasteiger partial charge on any atom is -0.466 e. The highest BCUT2D eigenvalue weighted by molar-refractivity contribution is 7.80. The van der Waals surface area contributed by atoms with Crippen LogP contribution >= 0.6 is 12.6 Å². The molecule has 0 fully saturated rings. The van der Waals surface area contributed by atoms with E-state index < -0.39 is 0 Å². The molecule has 3 heteroatoms. The first-order chi connectivity index (χ1) is 4.16. The Hall–Kier alpha value is -0.180. The van der Waals surface area contributed by atoms with Gasteiger partial charge in [-0.2, -0.15) is 12.6 Å². The fourth-order valence-corrected chi connectivity index (χ4v) is 0.563. The third-order valence-electron chi connectivity index (χ3n) is 0.725. The molecule has 0 aromatic heterocycles. The molecule has 0 spiro atoms. The predicted octanol–water partition coefficient (Wildman–Crippen LogP) is 1.07. The van der Waals surface area contributed by atoms with Gasteiger partial charge in [0.2, 0.25) is 0 Å². The van der Waals surface area contributed by atoms with Crippen molar-refractivity contribution in [1.82, 2.24) is 0 Å². The lowest BCUT2D eigenvalue weighted by Crippen LogP contribution is -2.08. The maximum Gasteiger partial charge on any atom is 0.306 e. The van der Waals surface area contributed by atoms with Gasteiger partial charge in [0.25, 0.3) is 0 Å². The van der Waals surface area contributed by atoms with Crippen molar-refractivity contribution >= 4 is 18.6 Å². The number of carbonyl (C=O) groups is 1. The Labute approximate surface area is 61.0 Å². The Morgan fingerprint density at radius 2 is 2.44 bits per heavy atom. The average Bonchev–Trinajstić information content (AvgIpc) is 1.63. The minimum absolute atomic E-state index is 0.0732. The van der Waals surface area contributed by atoms with Crippen molar-refractivity contribution in [3.8, 4) is 0 Å². The van der Waals surface area contributed by atoms with E-state index in [0.29, 0.717) is 6.42 Å². The van der Waals surface area contributed by atoms with Gasteiger partial charge in [-0.15, -0.1) is 0 Å². The average molecular weight is 147 g/mol. The summed E-state index contributed by atoms with van der Waals surface area (Å²) in [6.07, 6.45) is 0.360. The van der Waals surface area contributed by atoms with Crippen molar-refractivity contribution in [1.29, 1.82) is 0 Å². The SMILES string of the molecule is [CH2]COC(=O)CC(C)S. The van der Waals surface area contributed by atoms with Gasteiger partial charge in [-0.25, -0.2) is 0 Å². The van der Waals surface area contributed by atoms with Gasteiger partial charge in [-0.1, -0.05) is 6.92 Å². The molecule has 9 heavy (non-hydrogen) atoms. The van der Waals surface area contributed by atoms with Gasteiger partial charge >= 0.3 is 5.97 Å². The van der Waals surface area contributed by atoms with Gasteiger partial charge in [-0.05, 0) is 6.92 Å². The Morgan fingerprint density at radius 1 is 1.89 bits per heavy atom. The van der Waals surface area contributed by atoms with Crippen LogP contribution in [-0.2, 0) is 9.53 Å². The molecule has 0 aromatic rings. The van der Waals surface area contributed by atoms with E-state index in [1.165, 1.54) is 0 Å². The first-order valence-corrected chi connectivity index (χ1v) is 3.31. The summed E-state index contributed by atoms with van der Waals surface area (Å²) in [7, 11) is 0. The number of hydrogen-bond acceptors (Lipinski definition) is 3. The minimum atomic E-state index is -0.229. The van der Waals surface area contributed by atoms with Gasteiger partial charge in [0.05, 0.1) is 13.0 Å². The number of hydrogen-bond donors (Lipinski definition) is 1. The third kappa shape index (κ3) is 5.69. The van der Waals surface area contributed by atoms with Crippen LogP contribution in [0.3, 0.4) is 0 Å². The summed E-state index contributed by atoms with van der Waals surface area (Å²) in [5, 5.41) is 0.0732. The number of carbonyl (C=O) groups excluding carboxylic acids is 1. The summed E-state index contributed by atoms with van der Waals surface area (Å²) < 4.78 is 4.55. The maximum absolute atomic E-state index is 10.5. The molecule has 0 rings (SSSR count). The van der Waals surface area contributed by atoms with Gasteiger partial charge in [0.15, 0.2) is 0 Å². The van der Waals surface area contributed by atoms with Crippen LogP contribution in [0.4, 0.5) is 0 Å². The molecule has 0 saturated heterocycles. The van der Waals surface area contributed by atoms with Gasteiger partial charge < -0.3 is 4.74 Å². The van der Waals surface area contributed by atoms with E-state index in [0.717, 1.165) is 0 Å². The maximum atomic E-state index is 10.5. The molecule has 0 bridgehead atoms. The summed E-state index contributed by atoms with van der Waals surface area (Å²) in [5.74, 6) is -0.229. The highest BCUT2D eigenvalue weighted by Crippen LogP contribution is 1.99. The highest BCUT2D eigenvalue weighted by atomic mass is 32.1. The van der Waals surface area contributed by atoms with Crippen molar-refractivity contribution in [2.24, 2.45) is 0 Å². The van der Waals surface area contributed by atoms with Crippen molar-refractivity contribution < 1.29 is 9.53 Å². The monoisotopic (exact) mass is 147 g/mol. The van der Waals surface area contributed by atoms with Crippen molar-refractivity contribution in [3.05, 3.63) is 6.92 Å². The highest BCUT2D eigenvalue weighted by Gasteiger charge is 2.03. The molecular formula is C6H11O2S. The molecule has 1 radical (unpaired) electrons. The lowest BCUT2D eigenvalue weighted by Gasteiger charge is -2.01. The van der Waals surface area contributed by atoms with Crippen molar-refractivity contribution in [2.45, 2.75) is 18.6 Å². The summed E-state index contributed by atoms with van der Waals surface area (Å²) in [6.45, 7) is 5.41. The van der Waals surface area contributed by atoms with Crippen LogP contribution in [0, 0.1) is 6.92 Å². The van der Waals surface area contributed by atoms with Gasteiger partial charge in [0.1, 0.15) is 0 Å². The molecule has 0 aromatic carbocycles. The molecule has 0 amide bonds. The van der Waals surface area contributed by atoms with E-state index in [9.17, 15) is 4.79 Å². The Bertz CT molecular complexity index is 91.1. The number of esters is 1. The molecule has 0 saturated carbocycles. The molecule has 0 N–H and O–H groups in total. The molecule has 0 heterocycles. The molecule has 0 aliphatic heterocycles. The van der Waals surface area contributed by atoms with Crippen LogP contribution in [0.15, 0.2) is 0 Å². The summed E-state index contributed by atoms with van der Waals surface area (Å²) in [5.41, 5.74) is 0. The Balaban J connectivity index is 3.27. The van der Waals surface area contributed by atoms with Crippen LogP contribution in [0.2, 0.25) is 0 Å². The zero-order valence-corrected chi connectivity index (χ0v) is 6.36. The molecule has 0 aliphatic carbocycles. The second-order valence-electron chi connectivity index (χ2n) is 1.77. The van der Waals surface area contributed by atoms with Crippen molar-refractivity contribution in [2.75, 3.05) is 6.61 Å². The van der Waals surface area contributed by atoms with Crippen LogP contribution < -0.4 is 0 Å². The lowest BCUT2D eigenvalue weighted by molar-refractivity contribution is -0.142. The first kappa shape index (κ1) is 8.82. The lowest BCUT2D eigenvalue weighted by atomic mass is 10.3. The molecular weight excluding hydrogens is 136 g/mol. The zero-order valence-electron chi connectivity index (χ0n) is 5.46. The second-order valence-corrected chi connectivity index (χ2v) is 2.66. The Kier molecular flexibility index (Phi) is 4.58. The summed E-state index contributed by atoms with van der Waals surface area (Å²) >= 11 is 4.01. The summed E-state index contributed by atoms with van der Waals surface area (Å²) in [6, 6.07) is 0. The van der Waals surface area contributed by atoms with Crippen molar-refractivity contribution in [3.63, 3.8) is 0 Å². The number of ether oxygens (including phenoxy) is 1.